The van der Waals surface area contributed by atoms with Crippen molar-refractivity contribution >= 4 is 22.2 Å². The number of fused-ring (bicyclic) bond motifs is 1. The van der Waals surface area contributed by atoms with Crippen LogP contribution < -0.4 is 10.9 Å². The molecule has 21 heavy (non-hydrogen) atoms. The molecule has 0 unspecified atom stereocenters. The van der Waals surface area contributed by atoms with Crippen LogP contribution in [0, 0.1) is 0 Å². The Balaban J connectivity index is 1.61. The van der Waals surface area contributed by atoms with E-state index in [0.717, 1.165) is 6.42 Å². The number of carbonyl (C=O) groups excluding carboxylic acids is 1. The lowest BCUT2D eigenvalue weighted by molar-refractivity contribution is 0.0950. The number of nitrogens with one attached hydrogen (secondary N) is 1. The van der Waals surface area contributed by atoms with E-state index in [-0.39, 0.29) is 11.1 Å². The summed E-state index contributed by atoms with van der Waals surface area (Å²) in [6.07, 6.45) is 7.26. The standard InChI is InChI=1S/C13H13N5O2S/c19-11(14-3-1-5-17-6-2-4-16-17)10-9-15-13-18(12(10)20)7-8-21-13/h2,4,6-9H,1,3,5H2,(H,14,19). The van der Waals surface area contributed by atoms with Crippen molar-refractivity contribution in [2.24, 2.45) is 0 Å². The lowest BCUT2D eigenvalue weighted by Gasteiger charge is -2.05. The number of nitrogens with zero attached hydrogens (tertiary/aromatic N) is 4. The fourth-order valence-corrected chi connectivity index (χ4v) is 2.63. The van der Waals surface area contributed by atoms with Gasteiger partial charge in [-0.25, -0.2) is 4.98 Å². The second kappa shape index (κ2) is 5.88. The second-order valence-electron chi connectivity index (χ2n) is 4.41. The van der Waals surface area contributed by atoms with E-state index >= 15 is 0 Å². The van der Waals surface area contributed by atoms with Crippen molar-refractivity contribution in [2.45, 2.75) is 13.0 Å². The summed E-state index contributed by atoms with van der Waals surface area (Å²) in [6.45, 7) is 1.19. The van der Waals surface area contributed by atoms with Crippen molar-refractivity contribution in [2.75, 3.05) is 6.54 Å². The number of amides is 1. The summed E-state index contributed by atoms with van der Waals surface area (Å²) in [5.74, 6) is -0.395. The molecule has 3 aromatic rings. The number of thiazole rings is 1. The van der Waals surface area contributed by atoms with Gasteiger partial charge in [0.1, 0.15) is 5.56 Å². The molecule has 0 fully saturated rings. The van der Waals surface area contributed by atoms with Crippen LogP contribution in [0.25, 0.3) is 4.96 Å². The van der Waals surface area contributed by atoms with E-state index in [1.807, 2.05) is 12.3 Å². The Morgan fingerprint density at radius 3 is 3.10 bits per heavy atom. The Bertz CT molecular complexity index is 805. The summed E-state index contributed by atoms with van der Waals surface area (Å²) in [5, 5.41) is 8.56. The minimum Gasteiger partial charge on any atom is -0.352 e. The van der Waals surface area contributed by atoms with Crippen molar-refractivity contribution in [3.8, 4) is 0 Å². The maximum atomic E-state index is 12.1. The maximum Gasteiger partial charge on any atom is 0.271 e. The number of carbonyl (C=O) groups is 1. The highest BCUT2D eigenvalue weighted by Crippen LogP contribution is 2.05. The molecule has 8 heteroatoms. The summed E-state index contributed by atoms with van der Waals surface area (Å²) in [4.78, 5) is 28.8. The third kappa shape index (κ3) is 2.84. The summed E-state index contributed by atoms with van der Waals surface area (Å²) in [5.41, 5.74) is -0.282. The largest absolute Gasteiger partial charge is 0.352 e. The monoisotopic (exact) mass is 303 g/mol. The Morgan fingerprint density at radius 2 is 2.29 bits per heavy atom. The average Bonchev–Trinajstić information content (AvgIpc) is 3.15. The molecular formula is C13H13N5O2S. The van der Waals surface area contributed by atoms with Crippen LogP contribution in [0.4, 0.5) is 0 Å². The SMILES string of the molecule is O=C(NCCCn1cccn1)c1cnc2sccn2c1=O. The van der Waals surface area contributed by atoms with Crippen molar-refractivity contribution in [3.63, 3.8) is 0 Å². The molecule has 7 nitrogen and oxygen atoms in total. The number of aryl methyl sites for hydroxylation is 1. The van der Waals surface area contributed by atoms with Gasteiger partial charge >= 0.3 is 0 Å². The molecule has 0 saturated heterocycles. The van der Waals surface area contributed by atoms with Gasteiger partial charge in [0, 0.05) is 43.3 Å². The van der Waals surface area contributed by atoms with Gasteiger partial charge in [0.2, 0.25) is 0 Å². The first-order valence-electron chi connectivity index (χ1n) is 6.46. The van der Waals surface area contributed by atoms with Crippen LogP contribution in [-0.4, -0.2) is 31.6 Å². The topological polar surface area (TPSA) is 81.3 Å². The Kier molecular flexibility index (Phi) is 3.78. The number of hydrogen-bond acceptors (Lipinski definition) is 5. The smallest absolute Gasteiger partial charge is 0.271 e. The molecule has 0 aliphatic rings. The first kappa shape index (κ1) is 13.5. The Hall–Kier alpha value is -2.48. The van der Waals surface area contributed by atoms with Gasteiger partial charge in [-0.1, -0.05) is 0 Å². The van der Waals surface area contributed by atoms with Crippen LogP contribution in [0.1, 0.15) is 16.8 Å². The molecule has 0 saturated carbocycles. The number of hydrogen-bond donors (Lipinski definition) is 1. The van der Waals surface area contributed by atoms with Gasteiger partial charge in [-0.15, -0.1) is 11.3 Å². The lowest BCUT2D eigenvalue weighted by Crippen LogP contribution is -2.32. The lowest BCUT2D eigenvalue weighted by atomic mass is 10.3. The molecule has 0 spiro atoms. The zero-order valence-electron chi connectivity index (χ0n) is 11.1. The maximum absolute atomic E-state index is 12.1. The molecule has 3 heterocycles. The van der Waals surface area contributed by atoms with E-state index in [2.05, 4.69) is 15.4 Å². The molecule has 3 aromatic heterocycles. The highest BCUT2D eigenvalue weighted by molar-refractivity contribution is 7.15. The first-order valence-corrected chi connectivity index (χ1v) is 7.34. The van der Waals surface area contributed by atoms with Gasteiger partial charge in [0.05, 0.1) is 0 Å². The molecule has 0 aliphatic carbocycles. The van der Waals surface area contributed by atoms with Gasteiger partial charge in [-0.2, -0.15) is 5.10 Å². The molecule has 0 aliphatic heterocycles. The van der Waals surface area contributed by atoms with E-state index in [4.69, 9.17) is 0 Å². The summed E-state index contributed by atoms with van der Waals surface area (Å²) >= 11 is 1.35. The van der Waals surface area contributed by atoms with Crippen LogP contribution in [0.2, 0.25) is 0 Å². The highest BCUT2D eigenvalue weighted by Gasteiger charge is 2.12. The minimum absolute atomic E-state index is 0.0602. The van der Waals surface area contributed by atoms with Crippen LogP contribution in [0.3, 0.4) is 0 Å². The van der Waals surface area contributed by atoms with Gasteiger partial charge in [-0.3, -0.25) is 18.7 Å². The van der Waals surface area contributed by atoms with Gasteiger partial charge < -0.3 is 5.32 Å². The Labute approximate surface area is 123 Å². The quantitative estimate of drug-likeness (QED) is 0.706. The van der Waals surface area contributed by atoms with Gasteiger partial charge in [-0.05, 0) is 12.5 Å². The van der Waals surface area contributed by atoms with Crippen molar-refractivity contribution < 1.29 is 4.79 Å². The normalized spacial score (nSPS) is 10.9. The average molecular weight is 303 g/mol. The summed E-state index contributed by atoms with van der Waals surface area (Å²) in [6, 6.07) is 1.85. The van der Waals surface area contributed by atoms with Crippen LogP contribution >= 0.6 is 11.3 Å². The van der Waals surface area contributed by atoms with Crippen LogP contribution in [-0.2, 0) is 6.54 Å². The Morgan fingerprint density at radius 1 is 1.38 bits per heavy atom. The van der Waals surface area contributed by atoms with E-state index < -0.39 is 5.91 Å². The summed E-state index contributed by atoms with van der Waals surface area (Å²) in [7, 11) is 0. The first-order chi connectivity index (χ1) is 10.3. The molecule has 0 aromatic carbocycles. The molecule has 108 valence electrons. The zero-order chi connectivity index (χ0) is 14.7. The van der Waals surface area contributed by atoms with E-state index in [0.29, 0.717) is 18.1 Å². The third-order valence-corrected chi connectivity index (χ3v) is 3.77. The molecule has 0 radical (unpaired) electrons. The van der Waals surface area contributed by atoms with E-state index in [1.165, 1.54) is 21.9 Å². The molecule has 1 N–H and O–H groups in total. The van der Waals surface area contributed by atoms with E-state index in [9.17, 15) is 9.59 Å². The van der Waals surface area contributed by atoms with Crippen LogP contribution in [0.5, 0.6) is 0 Å². The minimum atomic E-state index is -0.395. The molecular weight excluding hydrogens is 290 g/mol. The summed E-state index contributed by atoms with van der Waals surface area (Å²) < 4.78 is 3.17. The molecule has 1 amide bonds. The fourth-order valence-electron chi connectivity index (χ4n) is 1.95. The van der Waals surface area contributed by atoms with Crippen molar-refractivity contribution in [3.05, 3.63) is 52.2 Å². The van der Waals surface area contributed by atoms with Gasteiger partial charge in [0.25, 0.3) is 11.5 Å². The molecule has 3 rings (SSSR count). The zero-order valence-corrected chi connectivity index (χ0v) is 11.9. The number of aromatic nitrogens is 4. The molecule has 0 bridgehead atoms. The van der Waals surface area contributed by atoms with Crippen molar-refractivity contribution in [1.82, 2.24) is 24.5 Å². The predicted octanol–water partition coefficient (Wildman–Crippen LogP) is 0.773. The van der Waals surface area contributed by atoms with Gasteiger partial charge in [0.15, 0.2) is 4.96 Å². The van der Waals surface area contributed by atoms with Crippen LogP contribution in [0.15, 0.2) is 41.0 Å². The number of rotatable bonds is 5. The third-order valence-electron chi connectivity index (χ3n) is 3.00. The highest BCUT2D eigenvalue weighted by atomic mass is 32.1. The fraction of sp³-hybridized carbons (Fsp3) is 0.231. The van der Waals surface area contributed by atoms with E-state index in [1.54, 1.807) is 22.5 Å². The van der Waals surface area contributed by atoms with Crippen molar-refractivity contribution in [1.29, 1.82) is 0 Å². The second-order valence-corrected chi connectivity index (χ2v) is 5.28. The predicted molar refractivity (Wildman–Crippen MR) is 78.5 cm³/mol. The molecule has 0 atom stereocenters.